The summed E-state index contributed by atoms with van der Waals surface area (Å²) >= 11 is 1.02. The molecule has 13 heteroatoms. The third-order valence-corrected chi connectivity index (χ3v) is 10.0. The zero-order valence-electron chi connectivity index (χ0n) is 22.8. The lowest BCUT2D eigenvalue weighted by molar-refractivity contribution is -0.274. The molecule has 1 aliphatic carbocycles. The number of amides is 1. The molecule has 4 rings (SSSR count). The van der Waals surface area contributed by atoms with Crippen LogP contribution in [0.4, 0.5) is 18.9 Å². The fourth-order valence-corrected chi connectivity index (χ4v) is 7.67. The van der Waals surface area contributed by atoms with E-state index in [9.17, 15) is 36.3 Å². The van der Waals surface area contributed by atoms with E-state index in [0.29, 0.717) is 4.88 Å². The highest BCUT2D eigenvalue weighted by molar-refractivity contribution is 7.89. The number of sulfonamides is 1. The predicted octanol–water partition coefficient (Wildman–Crippen LogP) is 6.48. The third-order valence-electron chi connectivity index (χ3n) is 7.15. The Morgan fingerprint density at radius 1 is 1.10 bits per heavy atom. The molecule has 0 spiro atoms. The number of carboxylic acids is 1. The Balaban J connectivity index is 1.70. The summed E-state index contributed by atoms with van der Waals surface area (Å²) in [5.41, 5.74) is 0.211. The van der Waals surface area contributed by atoms with E-state index in [-0.39, 0.29) is 23.0 Å². The first kappa shape index (κ1) is 31.5. The minimum absolute atomic E-state index is 0.0328. The quantitative estimate of drug-likeness (QED) is 0.321. The van der Waals surface area contributed by atoms with E-state index in [2.05, 4.69) is 4.74 Å². The molecule has 2 fully saturated rings. The van der Waals surface area contributed by atoms with E-state index in [0.717, 1.165) is 72.0 Å². The van der Waals surface area contributed by atoms with Crippen molar-refractivity contribution >= 4 is 45.0 Å². The highest BCUT2D eigenvalue weighted by Gasteiger charge is 2.44. The van der Waals surface area contributed by atoms with Gasteiger partial charge in [0, 0.05) is 17.5 Å². The summed E-state index contributed by atoms with van der Waals surface area (Å²) in [5, 5.41) is 10.00. The Morgan fingerprint density at radius 2 is 1.81 bits per heavy atom. The lowest BCUT2D eigenvalue weighted by atomic mass is 9.82. The molecule has 1 saturated carbocycles. The molecule has 0 radical (unpaired) electrons. The average Bonchev–Trinajstić information content (AvgIpc) is 3.36. The molecule has 1 amide bonds. The minimum atomic E-state index is -5.00. The molecule has 8 nitrogen and oxygen atoms in total. The monoisotopic (exact) mass is 624 g/mol. The summed E-state index contributed by atoms with van der Waals surface area (Å²) in [6.45, 7) is 1.15. The predicted molar refractivity (Wildman–Crippen MR) is 154 cm³/mol. The van der Waals surface area contributed by atoms with Gasteiger partial charge in [-0.1, -0.05) is 55.7 Å². The number of ether oxygens (including phenoxy) is 1. The first-order valence-electron chi connectivity index (χ1n) is 13.4. The molecule has 226 valence electrons. The zero-order valence-corrected chi connectivity index (χ0v) is 24.4. The maximum absolute atomic E-state index is 13.7. The molecule has 2 heterocycles. The van der Waals surface area contributed by atoms with Gasteiger partial charge in [-0.2, -0.15) is 4.31 Å². The maximum atomic E-state index is 13.7. The van der Waals surface area contributed by atoms with Gasteiger partial charge in [0.2, 0.25) is 15.9 Å². The smallest absolute Gasteiger partial charge is 0.477 e. The number of alkyl halides is 3. The van der Waals surface area contributed by atoms with Crippen LogP contribution >= 0.6 is 11.3 Å². The second kappa shape index (κ2) is 13.3. The summed E-state index contributed by atoms with van der Waals surface area (Å²) in [6, 6.07) is 5.03. The molecule has 0 bridgehead atoms. The van der Waals surface area contributed by atoms with Gasteiger partial charge < -0.3 is 14.7 Å². The van der Waals surface area contributed by atoms with Gasteiger partial charge in [0.25, 0.3) is 0 Å². The van der Waals surface area contributed by atoms with Crippen molar-refractivity contribution in [3.63, 3.8) is 0 Å². The number of hydrogen-bond acceptors (Lipinski definition) is 6. The average molecular weight is 625 g/mol. The van der Waals surface area contributed by atoms with Gasteiger partial charge in [-0.15, -0.1) is 24.5 Å². The fraction of sp³-hybridized carbons (Fsp3) is 0.379. The van der Waals surface area contributed by atoms with E-state index in [4.69, 9.17) is 0 Å². The fourth-order valence-electron chi connectivity index (χ4n) is 5.33. The largest absolute Gasteiger partial charge is 0.573 e. The molecular formula is C29H31F3N2O6S2. The Morgan fingerprint density at radius 3 is 2.48 bits per heavy atom. The molecule has 1 aliphatic heterocycles. The number of piperazine rings is 1. The first-order chi connectivity index (χ1) is 19.9. The van der Waals surface area contributed by atoms with E-state index in [1.54, 1.807) is 24.3 Å². The SMILES string of the molecule is CC=CC=CC=Cc1cc(N2C(=O)CN(S(=O)(=O)c3cccc(OC(F)(F)F)c3)CC2C2CCCCC2)c(C(=O)O)s1. The van der Waals surface area contributed by atoms with Gasteiger partial charge in [0.15, 0.2) is 0 Å². The second-order valence-corrected chi connectivity index (χ2v) is 13.0. The summed E-state index contributed by atoms with van der Waals surface area (Å²) in [4.78, 5) is 27.5. The van der Waals surface area contributed by atoms with E-state index < -0.39 is 51.5 Å². The Labute approximate surface area is 246 Å². The Kier molecular flexibility index (Phi) is 9.95. The van der Waals surface area contributed by atoms with Crippen molar-refractivity contribution in [3.8, 4) is 5.75 Å². The molecule has 1 aromatic heterocycles. The van der Waals surface area contributed by atoms with Crippen LogP contribution in [0.5, 0.6) is 5.75 Å². The van der Waals surface area contributed by atoms with Crippen molar-refractivity contribution in [2.75, 3.05) is 18.0 Å². The van der Waals surface area contributed by atoms with Crippen molar-refractivity contribution in [3.05, 3.63) is 70.5 Å². The number of rotatable bonds is 9. The summed E-state index contributed by atoms with van der Waals surface area (Å²) in [6.07, 6.45) is 10.0. The molecular weight excluding hydrogens is 593 g/mol. The standard InChI is InChI=1S/C29H31F3N2O6S2/c1-2-3-4-5-9-14-22-17-24(27(41-22)28(36)37)34-25(20-11-7-6-8-12-20)18-33(19-26(34)35)42(38,39)23-15-10-13-21(16-23)40-29(30,31)32/h2-5,9-10,13-17,20,25H,6-8,11-12,18-19H2,1H3,(H,36,37). The number of aromatic carboxylic acids is 1. The number of benzene rings is 1. The first-order valence-corrected chi connectivity index (χ1v) is 15.7. The summed E-state index contributed by atoms with van der Waals surface area (Å²) < 4.78 is 70.4. The van der Waals surface area contributed by atoms with E-state index >= 15 is 0 Å². The van der Waals surface area contributed by atoms with Crippen molar-refractivity contribution in [2.45, 2.75) is 56.3 Å². The third kappa shape index (κ3) is 7.50. The lowest BCUT2D eigenvalue weighted by Crippen LogP contribution is -2.60. The van der Waals surface area contributed by atoms with Crippen LogP contribution in [0.25, 0.3) is 6.08 Å². The number of halogens is 3. The van der Waals surface area contributed by atoms with Crippen LogP contribution in [-0.2, 0) is 14.8 Å². The molecule has 1 unspecified atom stereocenters. The van der Waals surface area contributed by atoms with Gasteiger partial charge in [-0.05, 0) is 50.0 Å². The summed E-state index contributed by atoms with van der Waals surface area (Å²) in [5.74, 6) is -2.59. The maximum Gasteiger partial charge on any atom is 0.573 e. The topological polar surface area (TPSA) is 104 Å². The molecule has 2 aromatic rings. The van der Waals surface area contributed by atoms with Gasteiger partial charge in [-0.3, -0.25) is 4.79 Å². The normalized spacial score (nSPS) is 19.9. The number of carboxylic acid groups (broad SMARTS) is 1. The van der Waals surface area contributed by atoms with Crippen LogP contribution in [-0.4, -0.2) is 55.2 Å². The van der Waals surface area contributed by atoms with Crippen LogP contribution in [0.1, 0.15) is 53.6 Å². The van der Waals surface area contributed by atoms with Crippen molar-refractivity contribution < 1.29 is 41.0 Å². The highest BCUT2D eigenvalue weighted by Crippen LogP contribution is 2.40. The number of anilines is 1. The lowest BCUT2D eigenvalue weighted by Gasteiger charge is -2.44. The van der Waals surface area contributed by atoms with Crippen molar-refractivity contribution in [1.29, 1.82) is 0 Å². The number of carbonyl (C=O) groups excluding carboxylic acids is 1. The molecule has 1 aromatic carbocycles. The van der Waals surface area contributed by atoms with Crippen LogP contribution in [0.2, 0.25) is 0 Å². The number of thiophene rings is 1. The minimum Gasteiger partial charge on any atom is -0.477 e. The summed E-state index contributed by atoms with van der Waals surface area (Å²) in [7, 11) is -4.39. The zero-order chi connectivity index (χ0) is 30.5. The molecule has 1 saturated heterocycles. The molecule has 1 atom stereocenters. The molecule has 2 aliphatic rings. The molecule has 42 heavy (non-hydrogen) atoms. The van der Waals surface area contributed by atoms with Crippen LogP contribution in [0, 0.1) is 5.92 Å². The number of allylic oxidation sites excluding steroid dienone is 5. The number of hydrogen-bond donors (Lipinski definition) is 1. The van der Waals surface area contributed by atoms with Crippen LogP contribution < -0.4 is 9.64 Å². The molecule has 1 N–H and O–H groups in total. The van der Waals surface area contributed by atoms with E-state index in [1.165, 1.54) is 4.90 Å². The van der Waals surface area contributed by atoms with Crippen LogP contribution in [0.3, 0.4) is 0 Å². The number of nitrogens with zero attached hydrogens (tertiary/aromatic N) is 2. The van der Waals surface area contributed by atoms with E-state index in [1.807, 2.05) is 25.2 Å². The Hall–Kier alpha value is -3.42. The number of carbonyl (C=O) groups is 2. The van der Waals surface area contributed by atoms with Gasteiger partial charge in [0.1, 0.15) is 10.6 Å². The van der Waals surface area contributed by atoms with Crippen molar-refractivity contribution in [1.82, 2.24) is 4.31 Å². The van der Waals surface area contributed by atoms with Gasteiger partial charge >= 0.3 is 12.3 Å². The highest BCUT2D eigenvalue weighted by atomic mass is 32.2. The van der Waals surface area contributed by atoms with Gasteiger partial charge in [-0.25, -0.2) is 13.2 Å². The Bertz CT molecular complexity index is 1490. The van der Waals surface area contributed by atoms with Crippen molar-refractivity contribution in [2.24, 2.45) is 5.92 Å². The van der Waals surface area contributed by atoms with Gasteiger partial charge in [0.05, 0.1) is 23.2 Å². The second-order valence-electron chi connectivity index (χ2n) is 9.99. The van der Waals surface area contributed by atoms with Crippen LogP contribution in [0.15, 0.2) is 65.6 Å².